The van der Waals surface area contributed by atoms with E-state index in [0.29, 0.717) is 24.3 Å². The zero-order chi connectivity index (χ0) is 14.0. The number of amides is 1. The second-order valence-corrected chi connectivity index (χ2v) is 5.06. The molecule has 1 aromatic rings. The molecule has 6 heteroatoms. The van der Waals surface area contributed by atoms with Crippen molar-refractivity contribution in [2.45, 2.75) is 31.7 Å². The van der Waals surface area contributed by atoms with Crippen LogP contribution >= 0.6 is 11.6 Å². The number of nitrogens with one attached hydrogen (secondary N) is 1. The fraction of sp³-hybridized carbons (Fsp3) is 0.385. The van der Waals surface area contributed by atoms with E-state index >= 15 is 0 Å². The summed E-state index contributed by atoms with van der Waals surface area (Å²) in [5.74, 6) is -0.885. The van der Waals surface area contributed by atoms with Gasteiger partial charge in [-0.2, -0.15) is 0 Å². The predicted molar refractivity (Wildman–Crippen MR) is 72.2 cm³/mol. The molecule has 0 bridgehead atoms. The van der Waals surface area contributed by atoms with Gasteiger partial charge in [0.25, 0.3) is 0 Å². The van der Waals surface area contributed by atoms with E-state index in [2.05, 4.69) is 5.32 Å². The normalized spacial score (nSPS) is 14.9. The highest BCUT2D eigenvalue weighted by Crippen LogP contribution is 2.33. The molecular formula is C13H15ClN2O3. The van der Waals surface area contributed by atoms with Crippen LogP contribution in [-0.2, 0) is 16.0 Å². The highest BCUT2D eigenvalue weighted by atomic mass is 35.5. The maximum Gasteiger partial charge on any atom is 0.303 e. The summed E-state index contributed by atoms with van der Waals surface area (Å²) in [6.45, 7) is 0. The Kier molecular flexibility index (Phi) is 4.07. The van der Waals surface area contributed by atoms with Crippen LogP contribution in [0.4, 0.5) is 5.69 Å². The van der Waals surface area contributed by atoms with Crippen LogP contribution in [0.2, 0.25) is 5.02 Å². The number of anilines is 1. The number of carboxylic acids is 1. The first-order chi connectivity index (χ1) is 8.97. The average Bonchev–Trinajstić information content (AvgIpc) is 2.66. The molecule has 1 heterocycles. The van der Waals surface area contributed by atoms with E-state index in [4.69, 9.17) is 22.4 Å². The van der Waals surface area contributed by atoms with Crippen LogP contribution in [0, 0.1) is 0 Å². The zero-order valence-corrected chi connectivity index (χ0v) is 11.0. The molecule has 0 saturated carbocycles. The molecule has 102 valence electrons. The van der Waals surface area contributed by atoms with E-state index < -0.39 is 5.97 Å². The van der Waals surface area contributed by atoms with Crippen molar-refractivity contribution in [1.82, 2.24) is 0 Å². The lowest BCUT2D eigenvalue weighted by atomic mass is 9.98. The van der Waals surface area contributed by atoms with Gasteiger partial charge in [-0.05, 0) is 30.0 Å². The number of benzene rings is 1. The Morgan fingerprint density at radius 1 is 1.53 bits per heavy atom. The van der Waals surface area contributed by atoms with E-state index in [1.165, 1.54) is 0 Å². The third kappa shape index (κ3) is 3.24. The van der Waals surface area contributed by atoms with Crippen molar-refractivity contribution in [3.05, 3.63) is 28.3 Å². The van der Waals surface area contributed by atoms with Crippen LogP contribution in [0.15, 0.2) is 12.1 Å². The Labute approximate surface area is 115 Å². The molecule has 1 aliphatic rings. The van der Waals surface area contributed by atoms with Gasteiger partial charge in [0.2, 0.25) is 5.91 Å². The highest BCUT2D eigenvalue weighted by molar-refractivity contribution is 6.32. The van der Waals surface area contributed by atoms with Gasteiger partial charge in [-0.1, -0.05) is 17.7 Å². The Morgan fingerprint density at radius 2 is 2.26 bits per heavy atom. The largest absolute Gasteiger partial charge is 0.481 e. The molecule has 0 aromatic heterocycles. The van der Waals surface area contributed by atoms with E-state index in [1.807, 2.05) is 6.07 Å². The maximum absolute atomic E-state index is 11.3. The topological polar surface area (TPSA) is 92.4 Å². The number of carboxylic acid groups (broad SMARTS) is 1. The molecule has 1 atom stereocenters. The third-order valence-corrected chi connectivity index (χ3v) is 3.48. The average molecular weight is 283 g/mol. The van der Waals surface area contributed by atoms with Gasteiger partial charge in [0.1, 0.15) is 0 Å². The van der Waals surface area contributed by atoms with Crippen molar-refractivity contribution in [2.24, 2.45) is 5.73 Å². The molecule has 0 saturated heterocycles. The fourth-order valence-corrected chi connectivity index (χ4v) is 2.48. The smallest absolute Gasteiger partial charge is 0.303 e. The summed E-state index contributed by atoms with van der Waals surface area (Å²) in [6, 6.07) is 3.22. The Balaban J connectivity index is 2.10. The molecule has 19 heavy (non-hydrogen) atoms. The molecule has 5 nitrogen and oxygen atoms in total. The van der Waals surface area contributed by atoms with Crippen LogP contribution in [0.5, 0.6) is 0 Å². The number of fused-ring (bicyclic) bond motifs is 1. The molecular weight excluding hydrogens is 268 g/mol. The van der Waals surface area contributed by atoms with Gasteiger partial charge in [-0.3, -0.25) is 9.59 Å². The van der Waals surface area contributed by atoms with Crippen LogP contribution in [-0.4, -0.2) is 17.0 Å². The Morgan fingerprint density at radius 3 is 2.95 bits per heavy atom. The summed E-state index contributed by atoms with van der Waals surface area (Å²) in [5.41, 5.74) is 8.41. The summed E-state index contributed by atoms with van der Waals surface area (Å²) in [4.78, 5) is 21.7. The number of nitrogens with two attached hydrogens (primary N) is 1. The van der Waals surface area contributed by atoms with Gasteiger partial charge < -0.3 is 16.2 Å². The molecule has 1 unspecified atom stereocenters. The molecule has 4 N–H and O–H groups in total. The van der Waals surface area contributed by atoms with E-state index in [-0.39, 0.29) is 18.4 Å². The van der Waals surface area contributed by atoms with Gasteiger partial charge in [0, 0.05) is 23.2 Å². The van der Waals surface area contributed by atoms with Crippen molar-refractivity contribution < 1.29 is 14.7 Å². The van der Waals surface area contributed by atoms with Crippen molar-refractivity contribution in [3.63, 3.8) is 0 Å². The van der Waals surface area contributed by atoms with Crippen LogP contribution in [0.25, 0.3) is 0 Å². The lowest BCUT2D eigenvalue weighted by Gasteiger charge is -2.14. The summed E-state index contributed by atoms with van der Waals surface area (Å²) >= 11 is 6.14. The fourth-order valence-electron chi connectivity index (χ4n) is 2.18. The maximum atomic E-state index is 11.3. The number of carbonyl (C=O) groups excluding carboxylic acids is 1. The number of carbonyl (C=O) groups is 2. The molecule has 0 radical (unpaired) electrons. The summed E-state index contributed by atoms with van der Waals surface area (Å²) < 4.78 is 0. The third-order valence-electron chi connectivity index (χ3n) is 3.15. The SMILES string of the molecule is NC(CCCC(=O)O)c1cc2c(cc1Cl)NC(=O)C2. The minimum Gasteiger partial charge on any atom is -0.481 e. The summed E-state index contributed by atoms with van der Waals surface area (Å²) in [6.07, 6.45) is 1.48. The molecule has 2 rings (SSSR count). The minimum atomic E-state index is -0.831. The van der Waals surface area contributed by atoms with Crippen molar-refractivity contribution in [1.29, 1.82) is 0 Å². The molecule has 1 amide bonds. The lowest BCUT2D eigenvalue weighted by molar-refractivity contribution is -0.137. The molecule has 1 aromatic carbocycles. The van der Waals surface area contributed by atoms with E-state index in [1.54, 1.807) is 6.07 Å². The van der Waals surface area contributed by atoms with Crippen molar-refractivity contribution >= 4 is 29.2 Å². The van der Waals surface area contributed by atoms with Gasteiger partial charge in [-0.15, -0.1) is 0 Å². The Hall–Kier alpha value is -1.59. The quantitative estimate of drug-likeness (QED) is 0.771. The van der Waals surface area contributed by atoms with Gasteiger partial charge in [0.05, 0.1) is 6.42 Å². The molecule has 0 spiro atoms. The second-order valence-electron chi connectivity index (χ2n) is 4.65. The number of hydrogen-bond donors (Lipinski definition) is 3. The van der Waals surface area contributed by atoms with E-state index in [0.717, 1.165) is 16.8 Å². The highest BCUT2D eigenvalue weighted by Gasteiger charge is 2.21. The van der Waals surface area contributed by atoms with Crippen LogP contribution in [0.3, 0.4) is 0 Å². The monoisotopic (exact) mass is 282 g/mol. The number of halogens is 1. The van der Waals surface area contributed by atoms with Crippen molar-refractivity contribution in [3.8, 4) is 0 Å². The first kappa shape index (κ1) is 13.8. The first-order valence-electron chi connectivity index (χ1n) is 6.07. The van der Waals surface area contributed by atoms with Crippen LogP contribution in [0.1, 0.15) is 36.4 Å². The molecule has 0 fully saturated rings. The van der Waals surface area contributed by atoms with E-state index in [9.17, 15) is 9.59 Å². The predicted octanol–water partition coefficient (Wildman–Crippen LogP) is 2.09. The van der Waals surface area contributed by atoms with Crippen LogP contribution < -0.4 is 11.1 Å². The Bertz CT molecular complexity index is 531. The first-order valence-corrected chi connectivity index (χ1v) is 6.44. The van der Waals surface area contributed by atoms with Crippen molar-refractivity contribution in [2.75, 3.05) is 5.32 Å². The summed E-state index contributed by atoms with van der Waals surface area (Å²) in [5, 5.41) is 11.8. The molecule has 0 aliphatic carbocycles. The standard InChI is InChI=1S/C13H15ClN2O3/c14-9-6-11-7(5-12(17)16-11)4-8(9)10(15)2-1-3-13(18)19/h4,6,10H,1-3,5,15H2,(H,16,17)(H,18,19). The minimum absolute atomic E-state index is 0.0531. The van der Waals surface area contributed by atoms with Gasteiger partial charge in [-0.25, -0.2) is 0 Å². The van der Waals surface area contributed by atoms with Gasteiger partial charge in [0.15, 0.2) is 0 Å². The number of rotatable bonds is 5. The molecule has 1 aliphatic heterocycles. The van der Waals surface area contributed by atoms with Gasteiger partial charge >= 0.3 is 5.97 Å². The zero-order valence-electron chi connectivity index (χ0n) is 10.3. The lowest BCUT2D eigenvalue weighted by Crippen LogP contribution is -2.12. The second kappa shape index (κ2) is 5.59. The number of hydrogen-bond acceptors (Lipinski definition) is 3. The summed E-state index contributed by atoms with van der Waals surface area (Å²) in [7, 11) is 0. The number of aliphatic carboxylic acids is 1.